The van der Waals surface area contributed by atoms with Crippen molar-refractivity contribution in [1.29, 1.82) is 0 Å². The molecule has 27 heavy (non-hydrogen) atoms. The van der Waals surface area contributed by atoms with E-state index in [1.165, 1.54) is 0 Å². The van der Waals surface area contributed by atoms with Gasteiger partial charge < -0.3 is 20.3 Å². The van der Waals surface area contributed by atoms with Crippen LogP contribution < -0.4 is 15.4 Å². The van der Waals surface area contributed by atoms with Gasteiger partial charge in [-0.15, -0.1) is 24.0 Å². The third kappa shape index (κ3) is 8.36. The monoisotopic (exact) mass is 502 g/mol. The fourth-order valence-electron chi connectivity index (χ4n) is 2.35. The first-order valence-corrected chi connectivity index (χ1v) is 9.01. The van der Waals surface area contributed by atoms with Crippen LogP contribution in [-0.4, -0.2) is 45.2 Å². The van der Waals surface area contributed by atoms with Gasteiger partial charge in [0.1, 0.15) is 12.4 Å². The van der Waals surface area contributed by atoms with Crippen LogP contribution in [0.15, 0.2) is 53.5 Å². The zero-order valence-electron chi connectivity index (χ0n) is 16.0. The van der Waals surface area contributed by atoms with E-state index in [9.17, 15) is 0 Å². The Morgan fingerprint density at radius 2 is 1.59 bits per heavy atom. The molecule has 0 saturated heterocycles. The maximum atomic E-state index is 6.20. The predicted octanol–water partition coefficient (Wildman–Crippen LogP) is 3.76. The molecule has 0 aliphatic heterocycles. The maximum Gasteiger partial charge on any atom is 0.191 e. The first kappa shape index (κ1) is 23.5. The van der Waals surface area contributed by atoms with Crippen LogP contribution in [0.1, 0.15) is 11.1 Å². The number of nitrogens with one attached hydrogen (secondary N) is 2. The van der Waals surface area contributed by atoms with Crippen molar-refractivity contribution in [3.05, 3.63) is 64.7 Å². The number of aliphatic imine (C=N–C) groups is 1. The summed E-state index contributed by atoms with van der Waals surface area (Å²) in [5, 5.41) is 7.35. The predicted molar refractivity (Wildman–Crippen MR) is 124 cm³/mol. The second-order valence-corrected chi connectivity index (χ2v) is 6.54. The fourth-order valence-corrected chi connectivity index (χ4v) is 2.55. The summed E-state index contributed by atoms with van der Waals surface area (Å²) < 4.78 is 5.90. The molecule has 0 radical (unpaired) electrons. The third-order valence-corrected chi connectivity index (χ3v) is 4.21. The number of guanidine groups is 1. The number of ether oxygens (including phenoxy) is 1. The standard InChI is InChI=1S/C20H27ClN4O.HI/c1-22-20(23-14-16-8-4-6-10-18(16)21)24-15-17-9-5-7-11-19(17)26-13-12-25(2)3;/h4-11H,12-15H2,1-3H3,(H2,22,23,24);1H. The smallest absolute Gasteiger partial charge is 0.191 e. The molecule has 0 aliphatic rings. The molecule has 0 unspecified atom stereocenters. The van der Waals surface area contributed by atoms with Gasteiger partial charge in [0.05, 0.1) is 0 Å². The topological polar surface area (TPSA) is 48.9 Å². The Kier molecular flexibility index (Phi) is 11.2. The molecule has 148 valence electrons. The minimum Gasteiger partial charge on any atom is -0.492 e. The summed E-state index contributed by atoms with van der Waals surface area (Å²) in [6.07, 6.45) is 0. The zero-order valence-corrected chi connectivity index (χ0v) is 19.1. The average molecular weight is 503 g/mol. The van der Waals surface area contributed by atoms with Crippen LogP contribution in [-0.2, 0) is 13.1 Å². The van der Waals surface area contributed by atoms with Crippen LogP contribution in [0.25, 0.3) is 0 Å². The Hall–Kier alpha value is -1.51. The Labute approximate surface area is 184 Å². The molecule has 0 aromatic heterocycles. The Morgan fingerprint density at radius 3 is 2.22 bits per heavy atom. The molecule has 0 heterocycles. The largest absolute Gasteiger partial charge is 0.492 e. The van der Waals surface area contributed by atoms with E-state index < -0.39 is 0 Å². The first-order valence-electron chi connectivity index (χ1n) is 8.63. The van der Waals surface area contributed by atoms with Gasteiger partial charge in [-0.05, 0) is 31.8 Å². The number of nitrogens with zero attached hydrogens (tertiary/aromatic N) is 2. The van der Waals surface area contributed by atoms with E-state index in [1.807, 2.05) is 56.6 Å². The lowest BCUT2D eigenvalue weighted by atomic mass is 10.2. The van der Waals surface area contributed by atoms with Gasteiger partial charge in [0.2, 0.25) is 0 Å². The SMILES string of the molecule is CN=C(NCc1ccccc1Cl)NCc1ccccc1OCCN(C)C.I. The molecule has 0 atom stereocenters. The number of para-hydroxylation sites is 1. The number of hydrogen-bond donors (Lipinski definition) is 2. The molecule has 0 fully saturated rings. The van der Waals surface area contributed by atoms with Crippen LogP contribution in [0, 0.1) is 0 Å². The van der Waals surface area contributed by atoms with Gasteiger partial charge in [-0.1, -0.05) is 48.0 Å². The lowest BCUT2D eigenvalue weighted by Gasteiger charge is -2.16. The van der Waals surface area contributed by atoms with E-state index in [1.54, 1.807) is 7.05 Å². The summed E-state index contributed by atoms with van der Waals surface area (Å²) in [6, 6.07) is 15.8. The molecule has 0 bridgehead atoms. The summed E-state index contributed by atoms with van der Waals surface area (Å²) in [7, 11) is 5.82. The van der Waals surface area contributed by atoms with Crippen molar-refractivity contribution in [2.24, 2.45) is 4.99 Å². The molecule has 0 amide bonds. The summed E-state index contributed by atoms with van der Waals surface area (Å²) in [5.41, 5.74) is 2.12. The van der Waals surface area contributed by atoms with Gasteiger partial charge in [0.25, 0.3) is 0 Å². The van der Waals surface area contributed by atoms with E-state index in [0.29, 0.717) is 25.7 Å². The molecule has 0 saturated carbocycles. The highest BCUT2D eigenvalue weighted by atomic mass is 127. The molecule has 2 N–H and O–H groups in total. The summed E-state index contributed by atoms with van der Waals surface area (Å²) >= 11 is 6.20. The lowest BCUT2D eigenvalue weighted by Crippen LogP contribution is -2.36. The molecule has 2 aromatic carbocycles. The highest BCUT2D eigenvalue weighted by molar-refractivity contribution is 14.0. The Balaban J connectivity index is 0.00000364. The van der Waals surface area contributed by atoms with Crippen LogP contribution in [0.4, 0.5) is 0 Å². The van der Waals surface area contributed by atoms with Crippen LogP contribution in [0.2, 0.25) is 5.02 Å². The first-order chi connectivity index (χ1) is 12.6. The van der Waals surface area contributed by atoms with Crippen molar-refractivity contribution in [3.63, 3.8) is 0 Å². The Morgan fingerprint density at radius 1 is 1.00 bits per heavy atom. The quantitative estimate of drug-likeness (QED) is 0.328. The van der Waals surface area contributed by atoms with Crippen LogP contribution >= 0.6 is 35.6 Å². The molecular weight excluding hydrogens is 475 g/mol. The Bertz CT molecular complexity index is 725. The normalized spacial score (nSPS) is 11.1. The molecule has 0 spiro atoms. The van der Waals surface area contributed by atoms with Crippen LogP contribution in [0.5, 0.6) is 5.75 Å². The molecule has 5 nitrogen and oxygen atoms in total. The van der Waals surface area contributed by atoms with Crippen molar-refractivity contribution in [2.75, 3.05) is 34.3 Å². The van der Waals surface area contributed by atoms with Crippen molar-refractivity contribution >= 4 is 41.5 Å². The minimum atomic E-state index is 0. The van der Waals surface area contributed by atoms with E-state index >= 15 is 0 Å². The van der Waals surface area contributed by atoms with Gasteiger partial charge in [0.15, 0.2) is 5.96 Å². The van der Waals surface area contributed by atoms with Gasteiger partial charge in [0, 0.05) is 37.3 Å². The average Bonchev–Trinajstić information content (AvgIpc) is 2.64. The summed E-state index contributed by atoms with van der Waals surface area (Å²) in [5.74, 6) is 1.61. The second kappa shape index (κ2) is 12.8. The highest BCUT2D eigenvalue weighted by Gasteiger charge is 2.06. The minimum absolute atomic E-state index is 0. The van der Waals surface area contributed by atoms with Crippen LogP contribution in [0.3, 0.4) is 0 Å². The second-order valence-electron chi connectivity index (χ2n) is 6.13. The van der Waals surface area contributed by atoms with Gasteiger partial charge in [-0.3, -0.25) is 4.99 Å². The highest BCUT2D eigenvalue weighted by Crippen LogP contribution is 2.18. The molecule has 7 heteroatoms. The number of hydrogen-bond acceptors (Lipinski definition) is 3. The van der Waals surface area contributed by atoms with Gasteiger partial charge in [-0.25, -0.2) is 0 Å². The number of benzene rings is 2. The number of likely N-dealkylation sites (N-methyl/N-ethyl adjacent to an activating group) is 1. The summed E-state index contributed by atoms with van der Waals surface area (Å²) in [4.78, 5) is 6.37. The van der Waals surface area contributed by atoms with Crippen molar-refractivity contribution in [2.45, 2.75) is 13.1 Å². The number of halogens is 2. The summed E-state index contributed by atoms with van der Waals surface area (Å²) in [6.45, 7) is 2.77. The van der Waals surface area contributed by atoms with Crippen molar-refractivity contribution < 1.29 is 4.74 Å². The molecular formula is C20H28ClIN4O. The molecule has 2 aromatic rings. The van der Waals surface area contributed by atoms with Crippen molar-refractivity contribution in [1.82, 2.24) is 15.5 Å². The lowest BCUT2D eigenvalue weighted by molar-refractivity contribution is 0.259. The van der Waals surface area contributed by atoms with E-state index in [0.717, 1.165) is 28.4 Å². The molecule has 2 rings (SSSR count). The third-order valence-electron chi connectivity index (χ3n) is 3.84. The van der Waals surface area contributed by atoms with E-state index in [4.69, 9.17) is 16.3 Å². The number of rotatable bonds is 8. The zero-order chi connectivity index (χ0) is 18.8. The molecule has 0 aliphatic carbocycles. The van der Waals surface area contributed by atoms with E-state index in [-0.39, 0.29) is 24.0 Å². The maximum absolute atomic E-state index is 6.20. The van der Waals surface area contributed by atoms with Gasteiger partial charge in [-0.2, -0.15) is 0 Å². The van der Waals surface area contributed by atoms with E-state index in [2.05, 4.69) is 26.6 Å². The van der Waals surface area contributed by atoms with Crippen molar-refractivity contribution in [3.8, 4) is 5.75 Å². The van der Waals surface area contributed by atoms with Gasteiger partial charge >= 0.3 is 0 Å². The fraction of sp³-hybridized carbons (Fsp3) is 0.350.